The molecule has 15 heavy (non-hydrogen) atoms. The molecule has 0 aliphatic rings. The third kappa shape index (κ3) is 2.95. The molecule has 0 saturated carbocycles. The Morgan fingerprint density at radius 1 is 1.40 bits per heavy atom. The van der Waals surface area contributed by atoms with Gasteiger partial charge in [0.25, 0.3) is 0 Å². The van der Waals surface area contributed by atoms with E-state index in [1.165, 1.54) is 6.07 Å². The minimum Gasteiger partial charge on any atom is -0.485 e. The highest BCUT2D eigenvalue weighted by atomic mass is 35.5. The smallest absolute Gasteiger partial charge is 0.312 e. The van der Waals surface area contributed by atoms with Gasteiger partial charge in [-0.05, 0) is 0 Å². The zero-order chi connectivity index (χ0) is 11.4. The molecule has 0 aromatic heterocycles. The van der Waals surface area contributed by atoms with Gasteiger partial charge >= 0.3 is 5.69 Å². The van der Waals surface area contributed by atoms with Crippen LogP contribution in [-0.4, -0.2) is 18.1 Å². The van der Waals surface area contributed by atoms with Gasteiger partial charge in [-0.1, -0.05) is 23.2 Å². The number of halogens is 2. The number of nitrogens with two attached hydrogens (primary N) is 1. The van der Waals surface area contributed by atoms with Crippen molar-refractivity contribution in [2.75, 3.05) is 13.2 Å². The summed E-state index contributed by atoms with van der Waals surface area (Å²) in [7, 11) is 0. The molecule has 82 valence electrons. The lowest BCUT2D eigenvalue weighted by Gasteiger charge is -2.06. The van der Waals surface area contributed by atoms with E-state index in [0.29, 0.717) is 0 Å². The molecule has 2 N–H and O–H groups in total. The van der Waals surface area contributed by atoms with Crippen molar-refractivity contribution in [3.05, 3.63) is 32.3 Å². The maximum Gasteiger partial charge on any atom is 0.312 e. The predicted molar refractivity (Wildman–Crippen MR) is 57.7 cm³/mol. The van der Waals surface area contributed by atoms with Crippen molar-refractivity contribution in [1.29, 1.82) is 0 Å². The summed E-state index contributed by atoms with van der Waals surface area (Å²) < 4.78 is 5.07. The van der Waals surface area contributed by atoms with Crippen molar-refractivity contribution in [3.63, 3.8) is 0 Å². The second-order valence-corrected chi connectivity index (χ2v) is 3.44. The summed E-state index contributed by atoms with van der Waals surface area (Å²) in [6.07, 6.45) is 0. The van der Waals surface area contributed by atoms with Gasteiger partial charge in [0.1, 0.15) is 6.61 Å². The molecule has 0 aliphatic heterocycles. The highest BCUT2D eigenvalue weighted by molar-refractivity contribution is 6.42. The van der Waals surface area contributed by atoms with Crippen LogP contribution in [0.15, 0.2) is 12.1 Å². The first-order valence-corrected chi connectivity index (χ1v) is 4.78. The lowest BCUT2D eigenvalue weighted by molar-refractivity contribution is -0.385. The number of hydrogen-bond donors (Lipinski definition) is 1. The normalized spacial score (nSPS) is 10.1. The Hall–Kier alpha value is -1.04. The largest absolute Gasteiger partial charge is 0.485 e. The number of benzene rings is 1. The van der Waals surface area contributed by atoms with E-state index < -0.39 is 4.92 Å². The summed E-state index contributed by atoms with van der Waals surface area (Å²) in [5.74, 6) is 0.0693. The lowest BCUT2D eigenvalue weighted by Crippen LogP contribution is -2.11. The fraction of sp³-hybridized carbons (Fsp3) is 0.250. The monoisotopic (exact) mass is 250 g/mol. The van der Waals surface area contributed by atoms with E-state index >= 15 is 0 Å². The highest BCUT2D eigenvalue weighted by Gasteiger charge is 2.17. The van der Waals surface area contributed by atoms with Crippen LogP contribution in [0.1, 0.15) is 0 Å². The zero-order valence-corrected chi connectivity index (χ0v) is 9.09. The van der Waals surface area contributed by atoms with Crippen LogP contribution in [0.2, 0.25) is 10.0 Å². The zero-order valence-electron chi connectivity index (χ0n) is 7.57. The molecule has 0 radical (unpaired) electrons. The molecule has 7 heteroatoms. The summed E-state index contributed by atoms with van der Waals surface area (Å²) in [6, 6.07) is 2.45. The van der Waals surface area contributed by atoms with E-state index in [-0.39, 0.29) is 34.6 Å². The van der Waals surface area contributed by atoms with Crippen molar-refractivity contribution < 1.29 is 9.66 Å². The van der Waals surface area contributed by atoms with Crippen LogP contribution in [0.5, 0.6) is 5.75 Å². The van der Waals surface area contributed by atoms with E-state index in [1.807, 2.05) is 0 Å². The van der Waals surface area contributed by atoms with Crippen LogP contribution in [-0.2, 0) is 0 Å². The maximum atomic E-state index is 10.6. The molecule has 0 atom stereocenters. The van der Waals surface area contributed by atoms with Crippen molar-refractivity contribution >= 4 is 28.9 Å². The summed E-state index contributed by atoms with van der Waals surface area (Å²) >= 11 is 11.4. The summed E-state index contributed by atoms with van der Waals surface area (Å²) in [6.45, 7) is 0.441. The molecular weight excluding hydrogens is 243 g/mol. The van der Waals surface area contributed by atoms with Crippen LogP contribution in [0.4, 0.5) is 5.69 Å². The number of ether oxygens (including phenoxy) is 1. The van der Waals surface area contributed by atoms with Gasteiger partial charge in [-0.15, -0.1) is 0 Å². The van der Waals surface area contributed by atoms with E-state index in [0.717, 1.165) is 6.07 Å². The third-order valence-corrected chi connectivity index (χ3v) is 2.30. The van der Waals surface area contributed by atoms with Crippen molar-refractivity contribution in [1.82, 2.24) is 0 Å². The van der Waals surface area contributed by atoms with Gasteiger partial charge in [-0.3, -0.25) is 10.1 Å². The Bertz CT molecular complexity index is 384. The highest BCUT2D eigenvalue weighted by Crippen LogP contribution is 2.35. The fourth-order valence-corrected chi connectivity index (χ4v) is 1.26. The molecule has 0 spiro atoms. The van der Waals surface area contributed by atoms with Crippen LogP contribution in [0.3, 0.4) is 0 Å². The molecule has 0 unspecified atom stereocenters. The van der Waals surface area contributed by atoms with Crippen molar-refractivity contribution in [2.45, 2.75) is 0 Å². The summed E-state index contributed by atoms with van der Waals surface area (Å²) in [4.78, 5) is 10.1. The van der Waals surface area contributed by atoms with Crippen LogP contribution in [0.25, 0.3) is 0 Å². The molecule has 5 nitrogen and oxygen atoms in total. The lowest BCUT2D eigenvalue weighted by atomic mass is 10.3. The molecule has 0 amide bonds. The maximum absolute atomic E-state index is 10.6. The number of hydrogen-bond acceptors (Lipinski definition) is 4. The molecule has 0 aliphatic carbocycles. The topological polar surface area (TPSA) is 78.4 Å². The number of nitrogens with zero attached hydrogens (tertiary/aromatic N) is 1. The van der Waals surface area contributed by atoms with Crippen molar-refractivity contribution in [2.24, 2.45) is 5.73 Å². The SMILES string of the molecule is NCCOc1cc(Cl)c(Cl)cc1[N+](=O)[O-]. The molecule has 1 rings (SSSR count). The van der Waals surface area contributed by atoms with E-state index in [2.05, 4.69) is 0 Å². The Morgan fingerprint density at radius 2 is 2.00 bits per heavy atom. The molecule has 1 aromatic rings. The Balaban J connectivity index is 3.10. The van der Waals surface area contributed by atoms with E-state index in [9.17, 15) is 10.1 Å². The van der Waals surface area contributed by atoms with Gasteiger partial charge in [0.2, 0.25) is 0 Å². The Labute approximate surface area is 95.9 Å². The Kier molecular flexibility index (Phi) is 4.14. The summed E-state index contributed by atoms with van der Waals surface area (Å²) in [5, 5.41) is 11.0. The molecule has 0 saturated heterocycles. The minimum absolute atomic E-state index is 0.0693. The standard InChI is InChI=1S/C8H8Cl2N2O3/c9-5-3-7(12(13)14)8(4-6(5)10)15-2-1-11/h3-4H,1-2,11H2. The van der Waals surface area contributed by atoms with Crippen LogP contribution < -0.4 is 10.5 Å². The second kappa shape index (κ2) is 5.16. The average Bonchev–Trinajstić information content (AvgIpc) is 2.19. The average molecular weight is 251 g/mol. The molecule has 0 heterocycles. The van der Waals surface area contributed by atoms with Gasteiger partial charge in [-0.2, -0.15) is 0 Å². The number of nitro groups is 1. The van der Waals surface area contributed by atoms with E-state index in [4.69, 9.17) is 33.7 Å². The molecular formula is C8H8Cl2N2O3. The predicted octanol–water partition coefficient (Wildman–Crippen LogP) is 2.24. The number of nitro benzene ring substituents is 1. The van der Waals surface area contributed by atoms with Gasteiger partial charge < -0.3 is 10.5 Å². The van der Waals surface area contributed by atoms with Crippen LogP contribution >= 0.6 is 23.2 Å². The van der Waals surface area contributed by atoms with Crippen molar-refractivity contribution in [3.8, 4) is 5.75 Å². The molecule has 0 fully saturated rings. The quantitative estimate of drug-likeness (QED) is 0.657. The first-order valence-electron chi connectivity index (χ1n) is 4.02. The first kappa shape index (κ1) is 12.0. The minimum atomic E-state index is -0.589. The first-order chi connectivity index (χ1) is 7.06. The van der Waals surface area contributed by atoms with Gasteiger partial charge in [-0.25, -0.2) is 0 Å². The number of rotatable bonds is 4. The Morgan fingerprint density at radius 3 is 2.53 bits per heavy atom. The van der Waals surface area contributed by atoms with Crippen LogP contribution in [0, 0.1) is 10.1 Å². The van der Waals surface area contributed by atoms with E-state index in [1.54, 1.807) is 0 Å². The molecule has 1 aromatic carbocycles. The summed E-state index contributed by atoms with van der Waals surface area (Å²) in [5.41, 5.74) is 4.99. The fourth-order valence-electron chi connectivity index (χ4n) is 0.945. The molecule has 0 bridgehead atoms. The van der Waals surface area contributed by atoms with Gasteiger partial charge in [0, 0.05) is 18.7 Å². The second-order valence-electron chi connectivity index (χ2n) is 2.63. The third-order valence-electron chi connectivity index (χ3n) is 1.57. The van der Waals surface area contributed by atoms with Gasteiger partial charge in [0.05, 0.1) is 15.0 Å². The van der Waals surface area contributed by atoms with Gasteiger partial charge in [0.15, 0.2) is 5.75 Å².